The van der Waals surface area contributed by atoms with Crippen molar-refractivity contribution in [3.05, 3.63) is 35.4 Å². The Morgan fingerprint density at radius 2 is 2.28 bits per heavy atom. The van der Waals surface area contributed by atoms with E-state index in [9.17, 15) is 8.78 Å². The van der Waals surface area contributed by atoms with Crippen molar-refractivity contribution in [2.75, 3.05) is 19.7 Å². The van der Waals surface area contributed by atoms with Gasteiger partial charge in [-0.15, -0.1) is 0 Å². The van der Waals surface area contributed by atoms with E-state index >= 15 is 0 Å². The van der Waals surface area contributed by atoms with Crippen molar-refractivity contribution >= 4 is 0 Å². The van der Waals surface area contributed by atoms with Crippen LogP contribution in [-0.2, 0) is 4.74 Å². The third-order valence-corrected chi connectivity index (χ3v) is 3.21. The molecule has 3 nitrogen and oxygen atoms in total. The van der Waals surface area contributed by atoms with E-state index in [2.05, 4.69) is 5.32 Å². The van der Waals surface area contributed by atoms with E-state index in [4.69, 9.17) is 10.5 Å². The third kappa shape index (κ3) is 3.04. The van der Waals surface area contributed by atoms with Crippen LogP contribution in [0, 0.1) is 11.6 Å². The molecule has 1 heterocycles. The highest BCUT2D eigenvalue weighted by Gasteiger charge is 2.20. The second-order valence-corrected chi connectivity index (χ2v) is 4.47. The maximum absolute atomic E-state index is 13.6. The van der Waals surface area contributed by atoms with Crippen molar-refractivity contribution < 1.29 is 13.5 Å². The Morgan fingerprint density at radius 3 is 2.94 bits per heavy atom. The average Bonchev–Trinajstić information content (AvgIpc) is 2.88. The number of hydrogen-bond acceptors (Lipinski definition) is 3. The maximum atomic E-state index is 13.6. The number of rotatable bonds is 5. The SMILES string of the molecule is NCC(NCC1CCCO1)c1cccc(F)c1F. The van der Waals surface area contributed by atoms with Gasteiger partial charge in [0.1, 0.15) is 0 Å². The second-order valence-electron chi connectivity index (χ2n) is 4.47. The van der Waals surface area contributed by atoms with Gasteiger partial charge in [0.15, 0.2) is 11.6 Å². The number of halogens is 2. The Hall–Kier alpha value is -1.04. The molecule has 0 saturated carbocycles. The first-order chi connectivity index (χ1) is 8.72. The van der Waals surface area contributed by atoms with Crippen molar-refractivity contribution in [3.63, 3.8) is 0 Å². The van der Waals surface area contributed by atoms with Crippen LogP contribution < -0.4 is 11.1 Å². The van der Waals surface area contributed by atoms with Gasteiger partial charge in [0.2, 0.25) is 0 Å². The quantitative estimate of drug-likeness (QED) is 0.843. The molecule has 1 saturated heterocycles. The van der Waals surface area contributed by atoms with Gasteiger partial charge >= 0.3 is 0 Å². The summed E-state index contributed by atoms with van der Waals surface area (Å²) in [5, 5.41) is 3.14. The van der Waals surface area contributed by atoms with E-state index in [0.717, 1.165) is 25.5 Å². The standard InChI is InChI=1S/C13H18F2N2O/c14-11-5-1-4-10(13(11)15)12(7-16)17-8-9-3-2-6-18-9/h1,4-5,9,12,17H,2-3,6-8,16H2. The lowest BCUT2D eigenvalue weighted by Crippen LogP contribution is -2.34. The minimum absolute atomic E-state index is 0.149. The number of hydrogen-bond donors (Lipinski definition) is 2. The molecule has 1 fully saturated rings. The monoisotopic (exact) mass is 256 g/mol. The Morgan fingerprint density at radius 1 is 1.44 bits per heavy atom. The van der Waals surface area contributed by atoms with Crippen molar-refractivity contribution in [3.8, 4) is 0 Å². The summed E-state index contributed by atoms with van der Waals surface area (Å²) in [6.45, 7) is 1.60. The first-order valence-corrected chi connectivity index (χ1v) is 6.21. The molecule has 1 aromatic rings. The van der Waals surface area contributed by atoms with Gasteiger partial charge in [0, 0.05) is 31.3 Å². The summed E-state index contributed by atoms with van der Waals surface area (Å²) in [5.74, 6) is -1.67. The van der Waals surface area contributed by atoms with E-state index in [1.165, 1.54) is 6.07 Å². The van der Waals surface area contributed by atoms with Gasteiger partial charge in [-0.25, -0.2) is 8.78 Å². The molecule has 1 aromatic carbocycles. The first-order valence-electron chi connectivity index (χ1n) is 6.21. The predicted molar refractivity (Wildman–Crippen MR) is 65.1 cm³/mol. The molecule has 1 aliphatic heterocycles. The molecule has 100 valence electrons. The normalized spacial score (nSPS) is 21.2. The number of ether oxygens (including phenoxy) is 1. The van der Waals surface area contributed by atoms with E-state index in [1.807, 2.05) is 0 Å². The largest absolute Gasteiger partial charge is 0.377 e. The maximum Gasteiger partial charge on any atom is 0.163 e. The Bertz CT molecular complexity index is 395. The van der Waals surface area contributed by atoms with Crippen LogP contribution in [0.5, 0.6) is 0 Å². The van der Waals surface area contributed by atoms with Crippen LogP contribution in [0.2, 0.25) is 0 Å². The molecule has 3 N–H and O–H groups in total. The fourth-order valence-electron chi connectivity index (χ4n) is 2.19. The third-order valence-electron chi connectivity index (χ3n) is 3.21. The molecular formula is C13H18F2N2O. The summed E-state index contributed by atoms with van der Waals surface area (Å²) < 4.78 is 32.3. The lowest BCUT2D eigenvalue weighted by atomic mass is 10.1. The van der Waals surface area contributed by atoms with Gasteiger partial charge in [-0.2, -0.15) is 0 Å². The highest BCUT2D eigenvalue weighted by atomic mass is 19.2. The van der Waals surface area contributed by atoms with E-state index in [-0.39, 0.29) is 24.3 Å². The van der Waals surface area contributed by atoms with E-state index in [0.29, 0.717) is 6.54 Å². The molecular weight excluding hydrogens is 238 g/mol. The Labute approximate surface area is 105 Å². The highest BCUT2D eigenvalue weighted by molar-refractivity contribution is 5.22. The zero-order chi connectivity index (χ0) is 13.0. The van der Waals surface area contributed by atoms with Gasteiger partial charge in [-0.05, 0) is 18.9 Å². The lowest BCUT2D eigenvalue weighted by molar-refractivity contribution is 0.107. The molecule has 0 bridgehead atoms. The van der Waals surface area contributed by atoms with Crippen molar-refractivity contribution in [2.24, 2.45) is 5.73 Å². The summed E-state index contributed by atoms with van der Waals surface area (Å²) in [6, 6.07) is 3.76. The van der Waals surface area contributed by atoms with Crippen LogP contribution in [0.25, 0.3) is 0 Å². The molecule has 18 heavy (non-hydrogen) atoms. The van der Waals surface area contributed by atoms with Crippen LogP contribution in [0.15, 0.2) is 18.2 Å². The fourth-order valence-corrected chi connectivity index (χ4v) is 2.19. The molecule has 5 heteroatoms. The number of benzene rings is 1. The molecule has 0 aromatic heterocycles. The smallest absolute Gasteiger partial charge is 0.163 e. The van der Waals surface area contributed by atoms with Gasteiger partial charge in [-0.1, -0.05) is 12.1 Å². The molecule has 2 rings (SSSR count). The summed E-state index contributed by atoms with van der Waals surface area (Å²) in [4.78, 5) is 0. The zero-order valence-corrected chi connectivity index (χ0v) is 10.2. The number of nitrogens with one attached hydrogen (secondary N) is 1. The van der Waals surface area contributed by atoms with Crippen molar-refractivity contribution in [1.82, 2.24) is 5.32 Å². The van der Waals surface area contributed by atoms with Gasteiger partial charge in [0.25, 0.3) is 0 Å². The molecule has 1 aliphatic rings. The summed E-state index contributed by atoms with van der Waals surface area (Å²) >= 11 is 0. The average molecular weight is 256 g/mol. The van der Waals surface area contributed by atoms with Crippen LogP contribution in [0.3, 0.4) is 0 Å². The van der Waals surface area contributed by atoms with Crippen molar-refractivity contribution in [1.29, 1.82) is 0 Å². The van der Waals surface area contributed by atoms with Crippen LogP contribution in [-0.4, -0.2) is 25.8 Å². The molecule has 2 unspecified atom stereocenters. The van der Waals surface area contributed by atoms with E-state index in [1.54, 1.807) is 6.07 Å². The summed E-state index contributed by atoms with van der Waals surface area (Å²) in [7, 11) is 0. The first kappa shape index (κ1) is 13.4. The Kier molecular flexibility index (Phi) is 4.63. The van der Waals surface area contributed by atoms with Crippen LogP contribution in [0.1, 0.15) is 24.4 Å². The van der Waals surface area contributed by atoms with Gasteiger partial charge in [0.05, 0.1) is 6.10 Å². The van der Waals surface area contributed by atoms with Crippen LogP contribution >= 0.6 is 0 Å². The minimum Gasteiger partial charge on any atom is -0.377 e. The molecule has 0 amide bonds. The topological polar surface area (TPSA) is 47.3 Å². The van der Waals surface area contributed by atoms with Crippen molar-refractivity contribution in [2.45, 2.75) is 25.0 Å². The van der Waals surface area contributed by atoms with Crippen LogP contribution in [0.4, 0.5) is 8.78 Å². The predicted octanol–water partition coefficient (Wildman–Crippen LogP) is 1.73. The Balaban J connectivity index is 2.00. The summed E-state index contributed by atoms with van der Waals surface area (Å²) in [6.07, 6.45) is 2.19. The fraction of sp³-hybridized carbons (Fsp3) is 0.538. The molecule has 0 spiro atoms. The molecule has 2 atom stereocenters. The lowest BCUT2D eigenvalue weighted by Gasteiger charge is -2.20. The summed E-state index contributed by atoms with van der Waals surface area (Å²) in [5.41, 5.74) is 5.89. The van der Waals surface area contributed by atoms with E-state index < -0.39 is 11.6 Å². The molecule has 0 radical (unpaired) electrons. The second kappa shape index (κ2) is 6.22. The van der Waals surface area contributed by atoms with Gasteiger partial charge in [-0.3, -0.25) is 0 Å². The highest BCUT2D eigenvalue weighted by Crippen LogP contribution is 2.19. The molecule has 0 aliphatic carbocycles. The van der Waals surface area contributed by atoms with Gasteiger partial charge < -0.3 is 15.8 Å². The number of nitrogens with two attached hydrogens (primary N) is 1. The zero-order valence-electron chi connectivity index (χ0n) is 10.2. The minimum atomic E-state index is -0.843.